The normalized spacial score (nSPS) is 14.3. The van der Waals surface area contributed by atoms with Gasteiger partial charge in [0.05, 0.1) is 12.1 Å². The van der Waals surface area contributed by atoms with Crippen LogP contribution in [-0.2, 0) is 19.3 Å². The molecule has 6 heteroatoms. The summed E-state index contributed by atoms with van der Waals surface area (Å²) in [5.74, 6) is 2.49. The van der Waals surface area contributed by atoms with Crippen molar-refractivity contribution in [1.82, 2.24) is 24.3 Å². The van der Waals surface area contributed by atoms with E-state index in [0.717, 1.165) is 60.3 Å². The van der Waals surface area contributed by atoms with Crippen molar-refractivity contribution in [3.05, 3.63) is 83.5 Å². The third-order valence-electron chi connectivity index (χ3n) is 6.16. The summed E-state index contributed by atoms with van der Waals surface area (Å²) in [7, 11) is 0. The Balaban J connectivity index is 1.44. The predicted molar refractivity (Wildman–Crippen MR) is 132 cm³/mol. The van der Waals surface area contributed by atoms with Crippen LogP contribution in [0.5, 0.6) is 0 Å². The number of anilines is 1. The summed E-state index contributed by atoms with van der Waals surface area (Å²) in [6.07, 6.45) is 12.0. The van der Waals surface area contributed by atoms with Gasteiger partial charge in [-0.2, -0.15) is 0 Å². The maximum absolute atomic E-state index is 4.98. The second-order valence-electron chi connectivity index (χ2n) is 9.48. The lowest BCUT2D eigenvalue weighted by Crippen LogP contribution is -2.30. The van der Waals surface area contributed by atoms with Crippen molar-refractivity contribution in [1.29, 1.82) is 0 Å². The van der Waals surface area contributed by atoms with Crippen molar-refractivity contribution in [2.75, 3.05) is 18.0 Å². The molecule has 0 atom stereocenters. The highest BCUT2D eigenvalue weighted by Crippen LogP contribution is 2.21. The summed E-state index contributed by atoms with van der Waals surface area (Å²) in [5.41, 5.74) is 5.40. The average molecular weight is 441 g/mol. The highest BCUT2D eigenvalue weighted by molar-refractivity contribution is 5.45. The van der Waals surface area contributed by atoms with Gasteiger partial charge in [-0.25, -0.2) is 15.0 Å². The number of hydrogen-bond acceptors (Lipinski definition) is 5. The van der Waals surface area contributed by atoms with E-state index >= 15 is 0 Å². The van der Waals surface area contributed by atoms with E-state index < -0.39 is 0 Å². The van der Waals surface area contributed by atoms with Crippen molar-refractivity contribution in [2.45, 2.75) is 52.4 Å². The lowest BCUT2D eigenvalue weighted by atomic mass is 10.1. The molecule has 5 rings (SSSR count). The Morgan fingerprint density at radius 1 is 0.848 bits per heavy atom. The van der Waals surface area contributed by atoms with Gasteiger partial charge in [0.15, 0.2) is 0 Å². The van der Waals surface area contributed by atoms with E-state index in [9.17, 15) is 0 Å². The van der Waals surface area contributed by atoms with Crippen molar-refractivity contribution in [3.63, 3.8) is 0 Å². The molecule has 0 saturated carbocycles. The lowest BCUT2D eigenvalue weighted by Gasteiger charge is -2.28. The van der Waals surface area contributed by atoms with E-state index in [4.69, 9.17) is 15.0 Å². The highest BCUT2D eigenvalue weighted by atomic mass is 15.2. The molecule has 0 aromatic carbocycles. The first-order valence-electron chi connectivity index (χ1n) is 12.1. The van der Waals surface area contributed by atoms with Crippen LogP contribution in [0.3, 0.4) is 0 Å². The van der Waals surface area contributed by atoms with Gasteiger partial charge in [0.2, 0.25) is 0 Å². The molecule has 0 radical (unpaired) electrons. The Labute approximate surface area is 195 Å². The van der Waals surface area contributed by atoms with Crippen LogP contribution in [0, 0.1) is 5.92 Å². The predicted octanol–water partition coefficient (Wildman–Crippen LogP) is 4.89. The number of rotatable bonds is 7. The zero-order valence-electron chi connectivity index (χ0n) is 19.6. The van der Waals surface area contributed by atoms with Crippen molar-refractivity contribution >= 4 is 11.5 Å². The topological polar surface area (TPSA) is 59.2 Å². The fourth-order valence-electron chi connectivity index (χ4n) is 4.58. The van der Waals surface area contributed by atoms with Crippen LogP contribution in [0.1, 0.15) is 61.6 Å². The number of piperidine rings is 1. The van der Waals surface area contributed by atoms with Gasteiger partial charge in [0, 0.05) is 55.6 Å². The second-order valence-corrected chi connectivity index (χ2v) is 9.48. The monoisotopic (exact) mass is 440 g/mol. The van der Waals surface area contributed by atoms with E-state index in [-0.39, 0.29) is 0 Å². The van der Waals surface area contributed by atoms with E-state index in [1.165, 1.54) is 24.8 Å². The molecule has 0 spiro atoms. The third-order valence-corrected chi connectivity index (χ3v) is 6.16. The minimum Gasteiger partial charge on any atom is -0.357 e. The fourth-order valence-corrected chi connectivity index (χ4v) is 4.58. The zero-order chi connectivity index (χ0) is 22.6. The minimum atomic E-state index is 0.588. The molecule has 4 aromatic heterocycles. The Kier molecular flexibility index (Phi) is 6.33. The van der Waals surface area contributed by atoms with Gasteiger partial charge in [-0.05, 0) is 61.4 Å². The van der Waals surface area contributed by atoms with E-state index in [0.29, 0.717) is 12.3 Å². The number of fused-ring (bicyclic) bond motifs is 1. The van der Waals surface area contributed by atoms with Gasteiger partial charge in [0.1, 0.15) is 17.3 Å². The minimum absolute atomic E-state index is 0.588. The molecule has 6 nitrogen and oxygen atoms in total. The van der Waals surface area contributed by atoms with Gasteiger partial charge in [-0.3, -0.25) is 4.98 Å². The fraction of sp³-hybridized carbons (Fsp3) is 0.407. The molecule has 1 fully saturated rings. The largest absolute Gasteiger partial charge is 0.357 e. The number of hydrogen-bond donors (Lipinski definition) is 0. The SMILES string of the molecule is CC(C)Cc1cccc(Cc2nc(Cc3ccn4ccnc4c3)cc(N3CCCCC3)n2)n1. The molecule has 0 bridgehead atoms. The summed E-state index contributed by atoms with van der Waals surface area (Å²) in [4.78, 5) is 21.7. The molecule has 1 aliphatic heterocycles. The van der Waals surface area contributed by atoms with Gasteiger partial charge in [0.25, 0.3) is 0 Å². The average Bonchev–Trinajstić information content (AvgIpc) is 3.27. The molecule has 170 valence electrons. The molecule has 0 unspecified atom stereocenters. The standard InChI is InChI=1S/C27H32N6/c1-20(2)15-22-7-6-8-23(29-22)18-25-30-24(19-27(31-25)32-11-4-3-5-12-32)16-21-9-13-33-14-10-28-26(33)17-21/h6-10,13-14,17,19-20H,3-5,11-12,15-16,18H2,1-2H3. The third kappa shape index (κ3) is 5.38. The summed E-state index contributed by atoms with van der Waals surface area (Å²) in [6.45, 7) is 6.59. The van der Waals surface area contributed by atoms with Crippen molar-refractivity contribution < 1.29 is 0 Å². The van der Waals surface area contributed by atoms with Gasteiger partial charge >= 0.3 is 0 Å². The maximum atomic E-state index is 4.98. The van der Waals surface area contributed by atoms with Crippen LogP contribution in [-0.4, -0.2) is 37.4 Å². The Hall–Kier alpha value is -3.28. The summed E-state index contributed by atoms with van der Waals surface area (Å²) in [5, 5.41) is 0. The number of nitrogens with zero attached hydrogens (tertiary/aromatic N) is 6. The van der Waals surface area contributed by atoms with Crippen LogP contribution in [0.4, 0.5) is 5.82 Å². The number of imidazole rings is 1. The van der Waals surface area contributed by atoms with Gasteiger partial charge < -0.3 is 9.30 Å². The highest BCUT2D eigenvalue weighted by Gasteiger charge is 2.16. The molecule has 1 aliphatic rings. The quantitative estimate of drug-likeness (QED) is 0.409. The van der Waals surface area contributed by atoms with Crippen LogP contribution < -0.4 is 4.90 Å². The second kappa shape index (κ2) is 9.69. The van der Waals surface area contributed by atoms with Crippen LogP contribution >= 0.6 is 0 Å². The molecule has 0 N–H and O–H groups in total. The summed E-state index contributed by atoms with van der Waals surface area (Å²) in [6, 6.07) is 12.8. The smallest absolute Gasteiger partial charge is 0.136 e. The first-order chi connectivity index (χ1) is 16.1. The van der Waals surface area contributed by atoms with E-state index in [1.54, 1.807) is 0 Å². The molecule has 4 aromatic rings. The zero-order valence-corrected chi connectivity index (χ0v) is 19.6. The number of aromatic nitrogens is 5. The summed E-state index contributed by atoms with van der Waals surface area (Å²) < 4.78 is 2.03. The van der Waals surface area contributed by atoms with E-state index in [1.807, 2.05) is 16.8 Å². The lowest BCUT2D eigenvalue weighted by molar-refractivity contribution is 0.571. The van der Waals surface area contributed by atoms with Gasteiger partial charge in [-0.1, -0.05) is 19.9 Å². The number of pyridine rings is 2. The Bertz CT molecular complexity index is 1220. The van der Waals surface area contributed by atoms with Crippen LogP contribution in [0.25, 0.3) is 5.65 Å². The molecular weight excluding hydrogens is 408 g/mol. The van der Waals surface area contributed by atoms with Crippen LogP contribution in [0.15, 0.2) is 55.0 Å². The van der Waals surface area contributed by atoms with E-state index in [2.05, 4.69) is 66.3 Å². The first kappa shape index (κ1) is 21.6. The molecule has 0 amide bonds. The molecule has 5 heterocycles. The molecular formula is C27H32N6. The molecule has 1 saturated heterocycles. The molecule has 33 heavy (non-hydrogen) atoms. The van der Waals surface area contributed by atoms with Crippen molar-refractivity contribution in [3.8, 4) is 0 Å². The van der Waals surface area contributed by atoms with Crippen molar-refractivity contribution in [2.24, 2.45) is 5.92 Å². The van der Waals surface area contributed by atoms with Gasteiger partial charge in [-0.15, -0.1) is 0 Å². The maximum Gasteiger partial charge on any atom is 0.136 e. The Morgan fingerprint density at radius 3 is 2.55 bits per heavy atom. The first-order valence-corrected chi connectivity index (χ1v) is 12.1. The summed E-state index contributed by atoms with van der Waals surface area (Å²) >= 11 is 0. The van der Waals surface area contributed by atoms with Crippen LogP contribution in [0.2, 0.25) is 0 Å². The molecule has 0 aliphatic carbocycles. The Morgan fingerprint density at radius 2 is 1.70 bits per heavy atom.